The van der Waals surface area contributed by atoms with Crippen molar-refractivity contribution in [3.8, 4) is 17.4 Å². The van der Waals surface area contributed by atoms with E-state index < -0.39 is 35.6 Å². The van der Waals surface area contributed by atoms with E-state index in [0.717, 1.165) is 43.2 Å². The van der Waals surface area contributed by atoms with Gasteiger partial charge in [0.25, 0.3) is 0 Å². The standard InChI is InChI=1S/C34H38N6O6S/c41-27(16-20-11-12-20)36-25-10-5-3-1-2-4-8-21-18-34(21,33(44)45)39-30(42)26-17-22(19-40(26)32(25)43)46-31-28-23(13-15-47-28)37-29(38-31)24-9-6-7-14-35-24/h4,6-9,13-15,20-22,25-26H,1-3,5,10-12,16-19H2,(H,36,41)(H,39,42)(H,44,45)/b8-4+/t21-,22-,25+,26+,34-/m1/s1. The molecule has 2 aliphatic heterocycles. The maximum atomic E-state index is 14.3. The van der Waals surface area contributed by atoms with Crippen LogP contribution in [0.4, 0.5) is 0 Å². The van der Waals surface area contributed by atoms with Gasteiger partial charge in [0.1, 0.15) is 34.1 Å². The Morgan fingerprint density at radius 1 is 1.13 bits per heavy atom. The summed E-state index contributed by atoms with van der Waals surface area (Å²) in [5, 5.41) is 17.8. The molecule has 5 heterocycles. The topological polar surface area (TPSA) is 164 Å². The van der Waals surface area contributed by atoms with Crippen LogP contribution in [-0.4, -0.2) is 78.9 Å². The molecule has 246 valence electrons. The first kappa shape index (κ1) is 31.2. The molecule has 12 nitrogen and oxygen atoms in total. The molecule has 1 saturated heterocycles. The van der Waals surface area contributed by atoms with Gasteiger partial charge >= 0.3 is 5.97 Å². The molecule has 4 aliphatic rings. The zero-order valence-corrected chi connectivity index (χ0v) is 26.8. The van der Waals surface area contributed by atoms with Gasteiger partial charge in [0.2, 0.25) is 23.6 Å². The predicted octanol–water partition coefficient (Wildman–Crippen LogP) is 3.87. The number of carbonyl (C=O) groups is 4. The van der Waals surface area contributed by atoms with Crippen LogP contribution in [0, 0.1) is 11.8 Å². The first-order valence-electron chi connectivity index (χ1n) is 16.5. The van der Waals surface area contributed by atoms with Crippen molar-refractivity contribution in [2.75, 3.05) is 6.54 Å². The van der Waals surface area contributed by atoms with Crippen LogP contribution in [0.3, 0.4) is 0 Å². The number of hydrogen-bond donors (Lipinski definition) is 3. The van der Waals surface area contributed by atoms with Gasteiger partial charge in [0, 0.05) is 25.0 Å². The summed E-state index contributed by atoms with van der Waals surface area (Å²) in [5.74, 6) is -1.40. The second kappa shape index (κ2) is 13.0. The summed E-state index contributed by atoms with van der Waals surface area (Å²) in [6.45, 7) is 0.0745. The summed E-state index contributed by atoms with van der Waals surface area (Å²) in [6, 6.07) is 5.55. The summed E-state index contributed by atoms with van der Waals surface area (Å²) in [6.07, 6.45) is 11.5. The minimum atomic E-state index is -1.41. The molecule has 2 aliphatic carbocycles. The van der Waals surface area contributed by atoms with Crippen molar-refractivity contribution in [3.05, 3.63) is 48.0 Å². The van der Waals surface area contributed by atoms with Crippen molar-refractivity contribution in [3.63, 3.8) is 0 Å². The molecular formula is C34H38N6O6S. The first-order valence-corrected chi connectivity index (χ1v) is 17.3. The molecular weight excluding hydrogens is 620 g/mol. The third-order valence-electron chi connectivity index (χ3n) is 9.57. The molecule has 0 spiro atoms. The van der Waals surface area contributed by atoms with Crippen molar-refractivity contribution < 1.29 is 29.0 Å². The Kier molecular flexibility index (Phi) is 8.65. The highest BCUT2D eigenvalue weighted by atomic mass is 32.1. The van der Waals surface area contributed by atoms with Gasteiger partial charge in [-0.15, -0.1) is 11.3 Å². The number of pyridine rings is 1. The maximum absolute atomic E-state index is 14.3. The minimum Gasteiger partial charge on any atom is -0.479 e. The number of thiophene rings is 1. The number of nitrogens with one attached hydrogen (secondary N) is 2. The smallest absolute Gasteiger partial charge is 0.330 e. The van der Waals surface area contributed by atoms with Gasteiger partial charge in [-0.05, 0) is 68.0 Å². The zero-order chi connectivity index (χ0) is 32.5. The van der Waals surface area contributed by atoms with Crippen LogP contribution in [0.5, 0.6) is 5.88 Å². The number of carbonyl (C=O) groups excluding carboxylic acids is 3. The molecule has 13 heteroatoms. The van der Waals surface area contributed by atoms with Gasteiger partial charge in [0.05, 0.1) is 12.1 Å². The quantitative estimate of drug-likeness (QED) is 0.320. The lowest BCUT2D eigenvalue weighted by Gasteiger charge is -2.29. The van der Waals surface area contributed by atoms with Crippen LogP contribution >= 0.6 is 11.3 Å². The number of carboxylic acids is 1. The Morgan fingerprint density at radius 3 is 2.79 bits per heavy atom. The van der Waals surface area contributed by atoms with E-state index in [4.69, 9.17) is 9.72 Å². The molecule has 0 aromatic carbocycles. The molecule has 0 bridgehead atoms. The molecule has 3 N–H and O–H groups in total. The highest BCUT2D eigenvalue weighted by Crippen LogP contribution is 2.45. The minimum absolute atomic E-state index is 0.0745. The van der Waals surface area contributed by atoms with Gasteiger partial charge in [0.15, 0.2) is 5.82 Å². The molecule has 3 aromatic rings. The molecule has 3 aromatic heterocycles. The largest absolute Gasteiger partial charge is 0.479 e. The Morgan fingerprint density at radius 2 is 2.00 bits per heavy atom. The highest BCUT2D eigenvalue weighted by Gasteiger charge is 2.61. The van der Waals surface area contributed by atoms with Crippen LogP contribution in [0.25, 0.3) is 21.7 Å². The average molecular weight is 659 g/mol. The number of aromatic nitrogens is 3. The number of nitrogens with zero attached hydrogens (tertiary/aromatic N) is 4. The van der Waals surface area contributed by atoms with Gasteiger partial charge in [-0.3, -0.25) is 19.4 Å². The predicted molar refractivity (Wildman–Crippen MR) is 173 cm³/mol. The van der Waals surface area contributed by atoms with E-state index in [1.807, 2.05) is 41.8 Å². The molecule has 0 radical (unpaired) electrons. The van der Waals surface area contributed by atoms with Crippen LogP contribution in [0.15, 0.2) is 48.0 Å². The summed E-state index contributed by atoms with van der Waals surface area (Å²) in [4.78, 5) is 68.8. The van der Waals surface area contributed by atoms with Crippen LogP contribution < -0.4 is 15.4 Å². The number of hydrogen-bond acceptors (Lipinski definition) is 9. The summed E-state index contributed by atoms with van der Waals surface area (Å²) in [7, 11) is 0. The molecule has 3 fully saturated rings. The number of aliphatic carboxylic acids is 1. The normalized spacial score (nSPS) is 28.7. The number of fused-ring (bicyclic) bond motifs is 3. The SMILES string of the molecule is O=C(CC1CC1)N[C@H]1CCCCC/C=C/[C@@H]2C[C@@]2(C(=O)O)NC(=O)[C@@H]2C[C@@H](Oc3nc(-c4ccccn4)nc4ccsc34)CN2C1=O. The third-order valence-corrected chi connectivity index (χ3v) is 10.5. The fourth-order valence-corrected chi connectivity index (χ4v) is 7.43. The molecule has 2 saturated carbocycles. The van der Waals surface area contributed by atoms with E-state index in [1.54, 1.807) is 6.20 Å². The number of ether oxygens (including phenoxy) is 1. The molecule has 47 heavy (non-hydrogen) atoms. The molecule has 7 rings (SSSR count). The Labute approximate surface area is 276 Å². The van der Waals surface area contributed by atoms with Crippen LogP contribution in [0.1, 0.15) is 64.2 Å². The zero-order valence-electron chi connectivity index (χ0n) is 26.0. The van der Waals surface area contributed by atoms with E-state index in [-0.39, 0.29) is 30.7 Å². The number of rotatable bonds is 7. The lowest BCUT2D eigenvalue weighted by molar-refractivity contribution is -0.146. The van der Waals surface area contributed by atoms with Gasteiger partial charge in [-0.1, -0.05) is 31.1 Å². The van der Waals surface area contributed by atoms with E-state index >= 15 is 0 Å². The highest BCUT2D eigenvalue weighted by molar-refractivity contribution is 7.17. The Hall–Kier alpha value is -4.39. The lowest BCUT2D eigenvalue weighted by atomic mass is 10.0. The second-order valence-corrected chi connectivity index (χ2v) is 14.0. The van der Waals surface area contributed by atoms with Crippen molar-refractivity contribution >= 4 is 45.2 Å². The summed E-state index contributed by atoms with van der Waals surface area (Å²) < 4.78 is 7.21. The fourth-order valence-electron chi connectivity index (χ4n) is 6.67. The lowest BCUT2D eigenvalue weighted by Crippen LogP contribution is -2.56. The molecule has 3 amide bonds. The van der Waals surface area contributed by atoms with Crippen molar-refractivity contribution in [1.29, 1.82) is 0 Å². The van der Waals surface area contributed by atoms with Crippen LogP contribution in [-0.2, 0) is 19.2 Å². The molecule has 0 unspecified atom stereocenters. The Bertz CT molecular complexity index is 1710. The van der Waals surface area contributed by atoms with E-state index in [9.17, 15) is 24.3 Å². The first-order chi connectivity index (χ1) is 22.8. The summed E-state index contributed by atoms with van der Waals surface area (Å²) >= 11 is 1.43. The second-order valence-electron chi connectivity index (χ2n) is 13.1. The number of amides is 3. The van der Waals surface area contributed by atoms with Crippen molar-refractivity contribution in [1.82, 2.24) is 30.5 Å². The number of carboxylic acid groups (broad SMARTS) is 1. The Balaban J connectivity index is 1.18. The van der Waals surface area contributed by atoms with E-state index in [0.29, 0.717) is 48.1 Å². The van der Waals surface area contributed by atoms with Crippen molar-refractivity contribution in [2.45, 2.75) is 87.9 Å². The summed E-state index contributed by atoms with van der Waals surface area (Å²) in [5.41, 5.74) is -0.139. The van der Waals surface area contributed by atoms with Crippen LogP contribution in [0.2, 0.25) is 0 Å². The monoisotopic (exact) mass is 658 g/mol. The van der Waals surface area contributed by atoms with E-state index in [2.05, 4.69) is 20.6 Å². The van der Waals surface area contributed by atoms with Gasteiger partial charge in [-0.2, -0.15) is 4.98 Å². The number of allylic oxidation sites excluding steroid dienone is 1. The average Bonchev–Trinajstić information content (AvgIpc) is 3.89. The fraction of sp³-hybridized carbons (Fsp3) is 0.500. The van der Waals surface area contributed by atoms with E-state index in [1.165, 1.54) is 16.2 Å². The molecule has 5 atom stereocenters. The maximum Gasteiger partial charge on any atom is 0.330 e. The van der Waals surface area contributed by atoms with Crippen molar-refractivity contribution in [2.24, 2.45) is 11.8 Å². The van der Waals surface area contributed by atoms with Gasteiger partial charge < -0.3 is 25.4 Å². The third kappa shape index (κ3) is 6.71. The van der Waals surface area contributed by atoms with Gasteiger partial charge in [-0.25, -0.2) is 9.78 Å².